The molecule has 1 heterocycles. The van der Waals surface area contributed by atoms with Crippen LogP contribution in [0.3, 0.4) is 0 Å². The van der Waals surface area contributed by atoms with Crippen LogP contribution in [-0.2, 0) is 4.79 Å². The largest absolute Gasteiger partial charge is 0.480 e. The van der Waals surface area contributed by atoms with Gasteiger partial charge in [-0.3, -0.25) is 0 Å². The summed E-state index contributed by atoms with van der Waals surface area (Å²) in [5, 5.41) is 18.3. The molecular weight excluding hydrogens is 254 g/mol. The third kappa shape index (κ3) is 2.39. The highest BCUT2D eigenvalue weighted by molar-refractivity contribution is 6.34. The third-order valence-corrected chi connectivity index (χ3v) is 3.13. The van der Waals surface area contributed by atoms with Crippen LogP contribution in [-0.4, -0.2) is 28.1 Å². The number of halogens is 1. The van der Waals surface area contributed by atoms with Gasteiger partial charge in [-0.1, -0.05) is 11.6 Å². The van der Waals surface area contributed by atoms with Gasteiger partial charge in [-0.15, -0.1) is 0 Å². The van der Waals surface area contributed by atoms with Crippen LogP contribution in [0.1, 0.15) is 26.3 Å². The van der Waals surface area contributed by atoms with E-state index < -0.39 is 11.5 Å². The number of nitrogens with zero attached hydrogens (tertiary/aromatic N) is 3. The van der Waals surface area contributed by atoms with E-state index >= 15 is 0 Å². The quantitative estimate of drug-likeness (QED) is 0.906. The van der Waals surface area contributed by atoms with Gasteiger partial charge in [0.25, 0.3) is 0 Å². The number of hydrogen-bond donors (Lipinski definition) is 1. The molecule has 0 amide bonds. The summed E-state index contributed by atoms with van der Waals surface area (Å²) in [6, 6.07) is 3.44. The number of aromatic nitrogens is 1. The first-order valence-electron chi connectivity index (χ1n) is 5.41. The van der Waals surface area contributed by atoms with E-state index in [2.05, 4.69) is 4.98 Å². The topological polar surface area (TPSA) is 77.2 Å². The van der Waals surface area contributed by atoms with Gasteiger partial charge < -0.3 is 10.0 Å². The summed E-state index contributed by atoms with van der Waals surface area (Å²) in [4.78, 5) is 16.9. The van der Waals surface area contributed by atoms with E-state index in [9.17, 15) is 9.90 Å². The van der Waals surface area contributed by atoms with Crippen LogP contribution >= 0.6 is 11.6 Å². The van der Waals surface area contributed by atoms with Crippen molar-refractivity contribution in [3.63, 3.8) is 0 Å². The number of carboxylic acid groups (broad SMARTS) is 1. The predicted molar refractivity (Wildman–Crippen MR) is 68.7 cm³/mol. The Kier molecular flexibility index (Phi) is 4.15. The monoisotopic (exact) mass is 267 g/mol. The van der Waals surface area contributed by atoms with Crippen molar-refractivity contribution in [3.05, 3.63) is 22.8 Å². The first-order valence-corrected chi connectivity index (χ1v) is 5.79. The smallest absolute Gasteiger partial charge is 0.328 e. The fourth-order valence-electron chi connectivity index (χ4n) is 1.63. The van der Waals surface area contributed by atoms with Crippen LogP contribution in [0.15, 0.2) is 12.3 Å². The summed E-state index contributed by atoms with van der Waals surface area (Å²) in [7, 11) is 0. The van der Waals surface area contributed by atoms with Crippen molar-refractivity contribution in [2.24, 2.45) is 0 Å². The molecule has 0 bridgehead atoms. The average Bonchev–Trinajstić information content (AvgIpc) is 2.31. The van der Waals surface area contributed by atoms with Crippen molar-refractivity contribution in [3.8, 4) is 6.07 Å². The molecule has 0 aliphatic rings. The first kappa shape index (κ1) is 14.3. The molecule has 6 heteroatoms. The van der Waals surface area contributed by atoms with E-state index in [1.165, 1.54) is 12.3 Å². The zero-order valence-corrected chi connectivity index (χ0v) is 11.2. The Labute approximate surface area is 111 Å². The minimum Gasteiger partial charge on any atom is -0.480 e. The fraction of sp³-hybridized carbons (Fsp3) is 0.417. The zero-order chi connectivity index (χ0) is 13.9. The number of carbonyl (C=O) groups is 1. The van der Waals surface area contributed by atoms with Gasteiger partial charge in [0, 0.05) is 12.7 Å². The Morgan fingerprint density at radius 3 is 2.72 bits per heavy atom. The fourth-order valence-corrected chi connectivity index (χ4v) is 1.89. The normalized spacial score (nSPS) is 10.8. The molecule has 1 rings (SSSR count). The molecule has 0 spiro atoms. The maximum absolute atomic E-state index is 11.3. The number of pyridine rings is 1. The SMILES string of the molecule is CCN(c1nccc(C#N)c1Cl)C(C)(C)C(=O)O. The highest BCUT2D eigenvalue weighted by Gasteiger charge is 2.35. The lowest BCUT2D eigenvalue weighted by Crippen LogP contribution is -2.50. The Hall–Kier alpha value is -1.80. The molecule has 1 aromatic rings. The maximum Gasteiger partial charge on any atom is 0.328 e. The Morgan fingerprint density at radius 2 is 2.28 bits per heavy atom. The minimum absolute atomic E-state index is 0.177. The van der Waals surface area contributed by atoms with Gasteiger partial charge in [0.2, 0.25) is 0 Å². The summed E-state index contributed by atoms with van der Waals surface area (Å²) in [6.07, 6.45) is 1.44. The second kappa shape index (κ2) is 5.23. The van der Waals surface area contributed by atoms with E-state index in [1.54, 1.807) is 18.7 Å². The van der Waals surface area contributed by atoms with Crippen molar-refractivity contribution in [1.29, 1.82) is 5.26 Å². The molecule has 1 aromatic heterocycles. The van der Waals surface area contributed by atoms with Gasteiger partial charge in [-0.2, -0.15) is 5.26 Å². The highest BCUT2D eigenvalue weighted by atomic mass is 35.5. The van der Waals surface area contributed by atoms with Gasteiger partial charge in [-0.05, 0) is 26.8 Å². The summed E-state index contributed by atoms with van der Waals surface area (Å²) in [5.74, 6) is -0.671. The maximum atomic E-state index is 11.3. The number of likely N-dealkylation sites (N-methyl/N-ethyl adjacent to an activating group) is 1. The van der Waals surface area contributed by atoms with Crippen molar-refractivity contribution in [2.75, 3.05) is 11.4 Å². The first-order chi connectivity index (χ1) is 8.36. The molecule has 0 atom stereocenters. The van der Waals surface area contributed by atoms with Gasteiger partial charge in [0.15, 0.2) is 0 Å². The van der Waals surface area contributed by atoms with Crippen LogP contribution in [0.2, 0.25) is 5.02 Å². The van der Waals surface area contributed by atoms with Crippen molar-refractivity contribution in [2.45, 2.75) is 26.3 Å². The zero-order valence-electron chi connectivity index (χ0n) is 10.4. The molecule has 0 aliphatic heterocycles. The second-order valence-electron chi connectivity index (χ2n) is 4.22. The predicted octanol–water partition coefficient (Wildman–Crippen LogP) is 2.30. The highest BCUT2D eigenvalue weighted by Crippen LogP contribution is 2.31. The van der Waals surface area contributed by atoms with Gasteiger partial charge in [0.05, 0.1) is 5.56 Å². The van der Waals surface area contributed by atoms with Gasteiger partial charge in [-0.25, -0.2) is 9.78 Å². The van der Waals surface area contributed by atoms with Crippen molar-refractivity contribution in [1.82, 2.24) is 4.98 Å². The summed E-state index contributed by atoms with van der Waals surface area (Å²) in [5.41, 5.74) is -0.874. The van der Waals surface area contributed by atoms with Crippen LogP contribution in [0.4, 0.5) is 5.82 Å². The van der Waals surface area contributed by atoms with Crippen LogP contribution in [0, 0.1) is 11.3 Å². The molecular formula is C12H14ClN3O2. The summed E-state index contributed by atoms with van der Waals surface area (Å²) in [6.45, 7) is 5.36. The molecule has 18 heavy (non-hydrogen) atoms. The van der Waals surface area contributed by atoms with E-state index in [1.807, 2.05) is 13.0 Å². The van der Waals surface area contributed by atoms with Crippen LogP contribution in [0.25, 0.3) is 0 Å². The molecule has 0 radical (unpaired) electrons. The van der Waals surface area contributed by atoms with E-state index in [0.29, 0.717) is 12.4 Å². The Morgan fingerprint density at radius 1 is 1.67 bits per heavy atom. The third-order valence-electron chi connectivity index (χ3n) is 2.76. The Balaban J connectivity index is 3.36. The van der Waals surface area contributed by atoms with E-state index in [0.717, 1.165) is 0 Å². The number of anilines is 1. The lowest BCUT2D eigenvalue weighted by molar-refractivity contribution is -0.142. The number of nitriles is 1. The van der Waals surface area contributed by atoms with Gasteiger partial charge >= 0.3 is 5.97 Å². The number of aliphatic carboxylic acids is 1. The molecule has 0 saturated carbocycles. The molecule has 5 nitrogen and oxygen atoms in total. The van der Waals surface area contributed by atoms with Crippen LogP contribution < -0.4 is 4.90 Å². The standard InChI is InChI=1S/C12H14ClN3O2/c1-4-16(12(2,3)11(17)18)10-9(13)8(7-14)5-6-15-10/h5-6H,4H2,1-3H3,(H,17,18). The molecule has 1 N–H and O–H groups in total. The molecule has 0 saturated heterocycles. The Bertz CT molecular complexity index is 509. The van der Waals surface area contributed by atoms with E-state index in [4.69, 9.17) is 16.9 Å². The van der Waals surface area contributed by atoms with E-state index in [-0.39, 0.29) is 10.6 Å². The lowest BCUT2D eigenvalue weighted by Gasteiger charge is -2.35. The summed E-state index contributed by atoms with van der Waals surface area (Å²) < 4.78 is 0. The number of hydrogen-bond acceptors (Lipinski definition) is 4. The molecule has 0 fully saturated rings. The molecule has 0 aliphatic carbocycles. The summed E-state index contributed by atoms with van der Waals surface area (Å²) >= 11 is 6.07. The average molecular weight is 268 g/mol. The molecule has 96 valence electrons. The number of carboxylic acids is 1. The van der Waals surface area contributed by atoms with Crippen LogP contribution in [0.5, 0.6) is 0 Å². The van der Waals surface area contributed by atoms with Crippen molar-refractivity contribution >= 4 is 23.4 Å². The lowest BCUT2D eigenvalue weighted by atomic mass is 10.0. The number of rotatable bonds is 4. The van der Waals surface area contributed by atoms with Gasteiger partial charge in [0.1, 0.15) is 22.4 Å². The minimum atomic E-state index is -1.15. The molecule has 0 aromatic carbocycles. The van der Waals surface area contributed by atoms with Crippen molar-refractivity contribution < 1.29 is 9.90 Å². The second-order valence-corrected chi connectivity index (χ2v) is 4.59. The molecule has 0 unspecified atom stereocenters.